The molecule has 0 heterocycles. The highest BCUT2D eigenvalue weighted by atomic mass is 32.2. The van der Waals surface area contributed by atoms with Crippen LogP contribution >= 0.6 is 0 Å². The summed E-state index contributed by atoms with van der Waals surface area (Å²) in [6, 6.07) is 7.21. The summed E-state index contributed by atoms with van der Waals surface area (Å²) >= 11 is 0. The van der Waals surface area contributed by atoms with Crippen molar-refractivity contribution in [3.05, 3.63) is 35.4 Å². The van der Waals surface area contributed by atoms with Crippen molar-refractivity contribution in [1.29, 1.82) is 0 Å². The zero-order valence-electron chi connectivity index (χ0n) is 9.01. The van der Waals surface area contributed by atoms with Crippen LogP contribution in [0.1, 0.15) is 17.5 Å². The lowest BCUT2D eigenvalue weighted by atomic mass is 10.1. The minimum absolute atomic E-state index is 0.0431. The van der Waals surface area contributed by atoms with E-state index in [0.717, 1.165) is 11.1 Å². The summed E-state index contributed by atoms with van der Waals surface area (Å²) in [5.41, 5.74) is 1.69. The highest BCUT2D eigenvalue weighted by molar-refractivity contribution is 7.71. The summed E-state index contributed by atoms with van der Waals surface area (Å²) in [5, 5.41) is 0. The zero-order valence-corrected chi connectivity index (χ0v) is 9.91. The molecule has 0 aliphatic carbocycles. The Morgan fingerprint density at radius 1 is 1.31 bits per heavy atom. The van der Waals surface area contributed by atoms with Gasteiger partial charge in [-0.2, -0.15) is 0 Å². The first-order valence-corrected chi connectivity index (χ1v) is 6.24. The Hall–Kier alpha value is -1.36. The van der Waals surface area contributed by atoms with Crippen molar-refractivity contribution in [1.82, 2.24) is 0 Å². The van der Waals surface area contributed by atoms with Crippen LogP contribution in [-0.2, 0) is 32.4 Å². The fourth-order valence-corrected chi connectivity index (χ4v) is 1.88. The predicted octanol–water partition coefficient (Wildman–Crippen LogP) is 0.904. The molecule has 1 aromatic rings. The molecule has 0 saturated heterocycles. The monoisotopic (exact) mass is 242 g/mol. The number of methoxy groups -OCH3 is 1. The van der Waals surface area contributed by atoms with Gasteiger partial charge in [0.05, 0.1) is 12.9 Å². The number of hydrogen-bond donors (Lipinski definition) is 1. The summed E-state index contributed by atoms with van der Waals surface area (Å²) in [5.74, 6) is -0.221. The van der Waals surface area contributed by atoms with Crippen LogP contribution in [0, 0.1) is 0 Å². The second-order valence-electron chi connectivity index (χ2n) is 3.39. The summed E-state index contributed by atoms with van der Waals surface area (Å²) in [7, 11) is -1.06. The Morgan fingerprint density at radius 3 is 2.62 bits per heavy atom. The molecule has 0 N–H and O–H groups in total. The van der Waals surface area contributed by atoms with Gasteiger partial charge in [0.2, 0.25) is 0 Å². The van der Waals surface area contributed by atoms with Gasteiger partial charge in [0.1, 0.15) is 10.7 Å². The standard InChI is InChI=1S/C11H14O4S/c1-15-11(12)6-5-9-3-2-4-10(7-9)8-16(13)14/h2-4,7,16H,5-6,8H2,1H3. The molecular weight excluding hydrogens is 228 g/mol. The van der Waals surface area contributed by atoms with Crippen LogP contribution in [0.2, 0.25) is 0 Å². The first-order valence-electron chi connectivity index (χ1n) is 4.88. The van der Waals surface area contributed by atoms with Gasteiger partial charge < -0.3 is 4.74 Å². The van der Waals surface area contributed by atoms with Gasteiger partial charge in [-0.1, -0.05) is 24.3 Å². The third-order valence-corrected chi connectivity index (χ3v) is 2.77. The molecule has 16 heavy (non-hydrogen) atoms. The molecule has 1 aromatic carbocycles. The number of aryl methyl sites for hydroxylation is 1. The van der Waals surface area contributed by atoms with Crippen LogP contribution in [0.4, 0.5) is 0 Å². The van der Waals surface area contributed by atoms with Crippen LogP contribution in [0.25, 0.3) is 0 Å². The van der Waals surface area contributed by atoms with Gasteiger partial charge in [-0.15, -0.1) is 0 Å². The lowest BCUT2D eigenvalue weighted by molar-refractivity contribution is -0.140. The number of ether oxygens (including phenoxy) is 1. The molecule has 0 aromatic heterocycles. The van der Waals surface area contributed by atoms with Gasteiger partial charge in [0.25, 0.3) is 0 Å². The van der Waals surface area contributed by atoms with E-state index >= 15 is 0 Å². The van der Waals surface area contributed by atoms with Crippen molar-refractivity contribution in [2.75, 3.05) is 7.11 Å². The molecule has 4 nitrogen and oxygen atoms in total. The Kier molecular flexibility index (Phi) is 4.98. The zero-order chi connectivity index (χ0) is 12.0. The topological polar surface area (TPSA) is 60.4 Å². The van der Waals surface area contributed by atoms with E-state index in [1.807, 2.05) is 6.07 Å². The molecule has 1 rings (SSSR count). The van der Waals surface area contributed by atoms with E-state index in [1.165, 1.54) is 7.11 Å². The largest absolute Gasteiger partial charge is 0.469 e. The van der Waals surface area contributed by atoms with E-state index in [2.05, 4.69) is 4.74 Å². The third kappa shape index (κ3) is 4.44. The SMILES string of the molecule is COC(=O)CCc1cccc(C[SH](=O)=O)c1. The smallest absolute Gasteiger partial charge is 0.305 e. The van der Waals surface area contributed by atoms with Gasteiger partial charge in [0, 0.05) is 6.42 Å². The van der Waals surface area contributed by atoms with Gasteiger partial charge in [0.15, 0.2) is 0 Å². The summed E-state index contributed by atoms with van der Waals surface area (Å²) < 4.78 is 25.6. The maximum Gasteiger partial charge on any atom is 0.305 e. The molecule has 5 heteroatoms. The Bertz CT molecular complexity index is 429. The Labute approximate surface area is 96.2 Å². The molecule has 0 aliphatic heterocycles. The number of benzene rings is 1. The quantitative estimate of drug-likeness (QED) is 0.615. The van der Waals surface area contributed by atoms with Gasteiger partial charge in [-0.25, -0.2) is 8.42 Å². The van der Waals surface area contributed by atoms with Crippen LogP contribution < -0.4 is 0 Å². The van der Waals surface area contributed by atoms with Crippen LogP contribution in [0.3, 0.4) is 0 Å². The fourth-order valence-electron chi connectivity index (χ4n) is 1.38. The molecule has 0 amide bonds. The highest BCUT2D eigenvalue weighted by Crippen LogP contribution is 2.08. The number of carbonyl (C=O) groups is 1. The predicted molar refractivity (Wildman–Crippen MR) is 60.8 cm³/mol. The van der Waals surface area contributed by atoms with Gasteiger partial charge in [-0.05, 0) is 17.5 Å². The molecule has 0 bridgehead atoms. The van der Waals surface area contributed by atoms with E-state index in [0.29, 0.717) is 12.8 Å². The molecule has 0 atom stereocenters. The lowest BCUT2D eigenvalue weighted by Gasteiger charge is -2.02. The van der Waals surface area contributed by atoms with Crippen LogP contribution in [0.5, 0.6) is 0 Å². The third-order valence-electron chi connectivity index (χ3n) is 2.15. The number of thiol groups is 1. The number of esters is 1. The van der Waals surface area contributed by atoms with Crippen molar-refractivity contribution < 1.29 is 17.9 Å². The summed E-state index contributed by atoms with van der Waals surface area (Å²) in [4.78, 5) is 10.9. The molecule has 0 spiro atoms. The molecule has 0 fully saturated rings. The van der Waals surface area contributed by atoms with E-state index < -0.39 is 10.7 Å². The Balaban J connectivity index is 2.63. The minimum atomic E-state index is -2.41. The van der Waals surface area contributed by atoms with Gasteiger partial charge >= 0.3 is 5.97 Å². The average molecular weight is 242 g/mol. The van der Waals surface area contributed by atoms with Crippen LogP contribution in [-0.4, -0.2) is 21.5 Å². The number of carbonyl (C=O) groups excluding carboxylic acids is 1. The molecule has 0 radical (unpaired) electrons. The normalized spacial score (nSPS) is 10.4. The summed E-state index contributed by atoms with van der Waals surface area (Å²) in [6.45, 7) is 0. The number of rotatable bonds is 5. The van der Waals surface area contributed by atoms with E-state index in [1.54, 1.807) is 18.2 Å². The van der Waals surface area contributed by atoms with E-state index in [-0.39, 0.29) is 11.7 Å². The van der Waals surface area contributed by atoms with E-state index in [4.69, 9.17) is 0 Å². The minimum Gasteiger partial charge on any atom is -0.469 e. The maximum atomic E-state index is 10.9. The molecule has 0 aliphatic rings. The van der Waals surface area contributed by atoms with Crippen LogP contribution in [0.15, 0.2) is 24.3 Å². The molecule has 0 saturated carbocycles. The molecule has 88 valence electrons. The lowest BCUT2D eigenvalue weighted by Crippen LogP contribution is -2.02. The second-order valence-corrected chi connectivity index (χ2v) is 4.37. The first-order chi connectivity index (χ1) is 7.61. The van der Waals surface area contributed by atoms with Crippen molar-refractivity contribution in [2.24, 2.45) is 0 Å². The van der Waals surface area contributed by atoms with Gasteiger partial charge in [-0.3, -0.25) is 4.79 Å². The first kappa shape index (κ1) is 12.7. The second kappa shape index (κ2) is 6.27. The van der Waals surface area contributed by atoms with Crippen molar-refractivity contribution in [2.45, 2.75) is 18.6 Å². The maximum absolute atomic E-state index is 10.9. The van der Waals surface area contributed by atoms with Crippen molar-refractivity contribution >= 4 is 16.7 Å². The fraction of sp³-hybridized carbons (Fsp3) is 0.364. The van der Waals surface area contributed by atoms with E-state index in [9.17, 15) is 13.2 Å². The molecular formula is C11H14O4S. The average Bonchev–Trinajstić information content (AvgIpc) is 2.25. The van der Waals surface area contributed by atoms with Crippen molar-refractivity contribution in [3.63, 3.8) is 0 Å². The van der Waals surface area contributed by atoms with Crippen molar-refractivity contribution in [3.8, 4) is 0 Å². The Morgan fingerprint density at radius 2 is 2.00 bits per heavy atom. The summed E-state index contributed by atoms with van der Waals surface area (Å²) in [6.07, 6.45) is 0.875. The number of hydrogen-bond acceptors (Lipinski definition) is 4. The highest BCUT2D eigenvalue weighted by Gasteiger charge is 2.02. The molecule has 0 unspecified atom stereocenters.